The molecular weight excluding hydrogens is 245 g/mol. The van der Waals surface area contributed by atoms with E-state index in [2.05, 4.69) is 5.32 Å². The second kappa shape index (κ2) is 5.52. The van der Waals surface area contributed by atoms with Crippen LogP contribution in [-0.4, -0.2) is 11.1 Å². The number of hydrogen-bond acceptors (Lipinski definition) is 2. The molecule has 0 spiro atoms. The molecule has 0 fully saturated rings. The van der Waals surface area contributed by atoms with Crippen molar-refractivity contribution in [2.45, 2.75) is 13.5 Å². The number of halogens is 1. The summed E-state index contributed by atoms with van der Waals surface area (Å²) < 4.78 is 13.6. The maximum atomic E-state index is 13.6. The quantitative estimate of drug-likeness (QED) is 0.884. The Morgan fingerprint density at radius 1 is 1.21 bits per heavy atom. The molecule has 2 aromatic rings. The van der Waals surface area contributed by atoms with E-state index in [4.69, 9.17) is 5.11 Å². The third-order valence-corrected chi connectivity index (χ3v) is 2.83. The lowest BCUT2D eigenvalue weighted by Gasteiger charge is -2.08. The molecular formula is C15H14FNO2. The van der Waals surface area contributed by atoms with Crippen LogP contribution in [0.15, 0.2) is 42.5 Å². The highest BCUT2D eigenvalue weighted by Crippen LogP contribution is 2.14. The molecule has 0 unspecified atom stereocenters. The van der Waals surface area contributed by atoms with Crippen molar-refractivity contribution in [2.24, 2.45) is 0 Å². The molecule has 0 aromatic heterocycles. The van der Waals surface area contributed by atoms with Gasteiger partial charge in [-0.2, -0.15) is 0 Å². The molecule has 0 aliphatic rings. The summed E-state index contributed by atoms with van der Waals surface area (Å²) >= 11 is 0. The fourth-order valence-corrected chi connectivity index (χ4v) is 1.71. The third kappa shape index (κ3) is 3.31. The van der Waals surface area contributed by atoms with Gasteiger partial charge in [0.25, 0.3) is 0 Å². The Morgan fingerprint density at radius 2 is 1.89 bits per heavy atom. The van der Waals surface area contributed by atoms with Crippen LogP contribution in [0.2, 0.25) is 0 Å². The normalized spacial score (nSPS) is 10.2. The van der Waals surface area contributed by atoms with E-state index < -0.39 is 11.8 Å². The van der Waals surface area contributed by atoms with Gasteiger partial charge >= 0.3 is 5.97 Å². The van der Waals surface area contributed by atoms with Crippen LogP contribution >= 0.6 is 0 Å². The molecule has 98 valence electrons. The fourth-order valence-electron chi connectivity index (χ4n) is 1.71. The lowest BCUT2D eigenvalue weighted by atomic mass is 10.1. The van der Waals surface area contributed by atoms with Crippen LogP contribution in [-0.2, 0) is 6.54 Å². The number of benzene rings is 2. The van der Waals surface area contributed by atoms with Gasteiger partial charge < -0.3 is 10.4 Å². The smallest absolute Gasteiger partial charge is 0.335 e. The first kappa shape index (κ1) is 13.1. The molecule has 0 aliphatic carbocycles. The maximum absolute atomic E-state index is 13.6. The summed E-state index contributed by atoms with van der Waals surface area (Å²) in [6.07, 6.45) is 0. The summed E-state index contributed by atoms with van der Waals surface area (Å²) in [6, 6.07) is 11.5. The minimum absolute atomic E-state index is 0.0853. The number of anilines is 1. The predicted molar refractivity (Wildman–Crippen MR) is 71.9 cm³/mol. The minimum atomic E-state index is -1.06. The monoisotopic (exact) mass is 259 g/mol. The van der Waals surface area contributed by atoms with Crippen LogP contribution in [0, 0.1) is 12.7 Å². The van der Waals surface area contributed by atoms with Crippen LogP contribution in [0.3, 0.4) is 0 Å². The highest BCUT2D eigenvalue weighted by molar-refractivity contribution is 5.87. The molecule has 2 N–H and O–H groups in total. The van der Waals surface area contributed by atoms with Crippen molar-refractivity contribution in [3.63, 3.8) is 0 Å². The van der Waals surface area contributed by atoms with Crippen molar-refractivity contribution in [2.75, 3.05) is 5.32 Å². The van der Waals surface area contributed by atoms with E-state index in [0.717, 1.165) is 11.3 Å². The lowest BCUT2D eigenvalue weighted by Crippen LogP contribution is -2.05. The molecule has 2 rings (SSSR count). The largest absolute Gasteiger partial charge is 0.478 e. The van der Waals surface area contributed by atoms with Crippen molar-refractivity contribution in [3.8, 4) is 0 Å². The highest BCUT2D eigenvalue weighted by Gasteiger charge is 2.08. The summed E-state index contributed by atoms with van der Waals surface area (Å²) in [7, 11) is 0. The highest BCUT2D eigenvalue weighted by atomic mass is 19.1. The average Bonchev–Trinajstić information content (AvgIpc) is 2.39. The van der Waals surface area contributed by atoms with Crippen LogP contribution in [0.5, 0.6) is 0 Å². The predicted octanol–water partition coefficient (Wildman–Crippen LogP) is 3.44. The number of carboxylic acids is 1. The lowest BCUT2D eigenvalue weighted by molar-refractivity contribution is 0.0696. The van der Waals surface area contributed by atoms with E-state index in [-0.39, 0.29) is 12.1 Å². The topological polar surface area (TPSA) is 49.3 Å². The molecule has 0 bridgehead atoms. The molecule has 0 saturated carbocycles. The first-order chi connectivity index (χ1) is 9.06. The SMILES string of the molecule is Cc1ccc(NCc2cc(C(=O)O)ccc2F)cc1. The van der Waals surface area contributed by atoms with Gasteiger partial charge in [-0.15, -0.1) is 0 Å². The zero-order valence-electron chi connectivity index (χ0n) is 10.5. The molecule has 0 saturated heterocycles. The van der Waals surface area contributed by atoms with Gasteiger partial charge in [0.15, 0.2) is 0 Å². The second-order valence-corrected chi connectivity index (χ2v) is 4.33. The van der Waals surface area contributed by atoms with Gasteiger partial charge in [0.2, 0.25) is 0 Å². The summed E-state index contributed by atoms with van der Waals surface area (Å²) in [5.74, 6) is -1.47. The van der Waals surface area contributed by atoms with Gasteiger partial charge in [0.1, 0.15) is 5.82 Å². The van der Waals surface area contributed by atoms with Crippen LogP contribution < -0.4 is 5.32 Å². The zero-order valence-corrected chi connectivity index (χ0v) is 10.5. The third-order valence-electron chi connectivity index (χ3n) is 2.83. The van der Waals surface area contributed by atoms with E-state index in [9.17, 15) is 9.18 Å². The summed E-state index contributed by atoms with van der Waals surface area (Å²) in [4.78, 5) is 10.8. The molecule has 2 aromatic carbocycles. The first-order valence-corrected chi connectivity index (χ1v) is 5.88. The van der Waals surface area contributed by atoms with Gasteiger partial charge in [-0.1, -0.05) is 17.7 Å². The zero-order chi connectivity index (χ0) is 13.8. The van der Waals surface area contributed by atoms with Gasteiger partial charge in [-0.25, -0.2) is 9.18 Å². The van der Waals surface area contributed by atoms with Crippen molar-refractivity contribution < 1.29 is 14.3 Å². The Balaban J connectivity index is 2.12. The molecule has 0 aliphatic heterocycles. The van der Waals surface area contributed by atoms with Crippen molar-refractivity contribution in [1.82, 2.24) is 0 Å². The Morgan fingerprint density at radius 3 is 2.53 bits per heavy atom. The number of carbonyl (C=O) groups is 1. The maximum Gasteiger partial charge on any atom is 0.335 e. The van der Waals surface area contributed by atoms with Gasteiger partial charge in [0, 0.05) is 17.8 Å². The van der Waals surface area contributed by atoms with Crippen molar-refractivity contribution >= 4 is 11.7 Å². The van der Waals surface area contributed by atoms with Gasteiger partial charge in [-0.05, 0) is 37.3 Å². The summed E-state index contributed by atoms with van der Waals surface area (Å²) in [5, 5.41) is 11.9. The Labute approximate surface area is 110 Å². The van der Waals surface area contributed by atoms with E-state index >= 15 is 0 Å². The average molecular weight is 259 g/mol. The van der Waals surface area contributed by atoms with E-state index in [1.54, 1.807) is 0 Å². The standard InChI is InChI=1S/C15H14FNO2/c1-10-2-5-13(6-3-10)17-9-12-8-11(15(18)19)4-7-14(12)16/h2-8,17H,9H2,1H3,(H,18,19). The van der Waals surface area contributed by atoms with Crippen LogP contribution in [0.4, 0.5) is 10.1 Å². The fraction of sp³-hybridized carbons (Fsp3) is 0.133. The Kier molecular flexibility index (Phi) is 3.80. The molecule has 4 heteroatoms. The van der Waals surface area contributed by atoms with E-state index in [1.807, 2.05) is 31.2 Å². The molecule has 3 nitrogen and oxygen atoms in total. The van der Waals surface area contributed by atoms with Crippen LogP contribution in [0.1, 0.15) is 21.5 Å². The Hall–Kier alpha value is -2.36. The number of hydrogen-bond donors (Lipinski definition) is 2. The molecule has 19 heavy (non-hydrogen) atoms. The van der Waals surface area contributed by atoms with E-state index in [0.29, 0.717) is 5.56 Å². The number of aryl methyl sites for hydroxylation is 1. The molecule has 0 atom stereocenters. The number of aromatic carboxylic acids is 1. The Bertz CT molecular complexity index is 594. The van der Waals surface area contributed by atoms with Crippen molar-refractivity contribution in [3.05, 3.63) is 65.0 Å². The summed E-state index contributed by atoms with van der Waals surface area (Å²) in [6.45, 7) is 2.23. The van der Waals surface area contributed by atoms with Crippen molar-refractivity contribution in [1.29, 1.82) is 0 Å². The first-order valence-electron chi connectivity index (χ1n) is 5.88. The van der Waals surface area contributed by atoms with Crippen LogP contribution in [0.25, 0.3) is 0 Å². The number of rotatable bonds is 4. The van der Waals surface area contributed by atoms with E-state index in [1.165, 1.54) is 18.2 Å². The number of nitrogens with one attached hydrogen (secondary N) is 1. The molecule has 0 amide bonds. The minimum Gasteiger partial charge on any atom is -0.478 e. The van der Waals surface area contributed by atoms with Gasteiger partial charge in [-0.3, -0.25) is 0 Å². The molecule has 0 radical (unpaired) electrons. The number of carboxylic acid groups (broad SMARTS) is 1. The van der Waals surface area contributed by atoms with Gasteiger partial charge in [0.05, 0.1) is 5.56 Å². The second-order valence-electron chi connectivity index (χ2n) is 4.33. The molecule has 0 heterocycles. The summed E-state index contributed by atoms with van der Waals surface area (Å²) in [5.41, 5.74) is 2.43.